The van der Waals surface area contributed by atoms with E-state index in [-0.39, 0.29) is 21.8 Å². The molecule has 1 heterocycles. The Kier molecular flexibility index (Phi) is 6.16. The van der Waals surface area contributed by atoms with E-state index in [0.717, 1.165) is 6.07 Å². The predicted molar refractivity (Wildman–Crippen MR) is 107 cm³/mol. The summed E-state index contributed by atoms with van der Waals surface area (Å²) in [4.78, 5) is -0.0844. The molecule has 1 N–H and O–H groups in total. The van der Waals surface area contributed by atoms with E-state index in [1.165, 1.54) is 44.6 Å². The van der Waals surface area contributed by atoms with Crippen molar-refractivity contribution in [1.82, 2.24) is 5.16 Å². The molecule has 0 atom stereocenters. The van der Waals surface area contributed by atoms with Crippen LogP contribution < -0.4 is 14.2 Å². The van der Waals surface area contributed by atoms with Gasteiger partial charge >= 0.3 is 6.18 Å². The Morgan fingerprint density at radius 2 is 1.74 bits per heavy atom. The third-order valence-corrected chi connectivity index (χ3v) is 5.92. The minimum Gasteiger partial charge on any atom is -0.493 e. The van der Waals surface area contributed by atoms with Gasteiger partial charge < -0.3 is 14.0 Å². The molecule has 0 bridgehead atoms. The number of rotatable bonds is 7. The van der Waals surface area contributed by atoms with Crippen LogP contribution in [0.2, 0.25) is 0 Å². The van der Waals surface area contributed by atoms with E-state index in [1.54, 1.807) is 13.0 Å². The fourth-order valence-electron chi connectivity index (χ4n) is 2.91. The smallest absolute Gasteiger partial charge is 0.452 e. The average Bonchev–Trinajstić information content (AvgIpc) is 3.23. The molecule has 0 radical (unpaired) electrons. The Morgan fingerprint density at radius 3 is 2.32 bits per heavy atom. The van der Waals surface area contributed by atoms with Crippen LogP contribution in [-0.4, -0.2) is 27.8 Å². The largest absolute Gasteiger partial charge is 0.493 e. The van der Waals surface area contributed by atoms with Crippen LogP contribution in [0.4, 0.5) is 18.9 Å². The summed E-state index contributed by atoms with van der Waals surface area (Å²) >= 11 is 0. The van der Waals surface area contributed by atoms with Crippen molar-refractivity contribution in [3.05, 3.63) is 53.8 Å². The second kappa shape index (κ2) is 8.50. The Labute approximate surface area is 176 Å². The molecule has 0 unspecified atom stereocenters. The molecule has 3 rings (SSSR count). The molecule has 0 aliphatic carbocycles. The summed E-state index contributed by atoms with van der Waals surface area (Å²) in [7, 11) is -1.21. The van der Waals surface area contributed by atoms with Crippen molar-refractivity contribution in [2.45, 2.75) is 24.4 Å². The van der Waals surface area contributed by atoms with Crippen LogP contribution in [0.1, 0.15) is 18.2 Å². The van der Waals surface area contributed by atoms with Gasteiger partial charge in [-0.05, 0) is 30.2 Å². The zero-order valence-electron chi connectivity index (χ0n) is 16.8. The number of nitrogens with zero attached hydrogens (tertiary/aromatic N) is 1. The molecule has 2 aromatic carbocycles. The van der Waals surface area contributed by atoms with Gasteiger partial charge in [0.05, 0.1) is 24.8 Å². The molecule has 3 aromatic rings. The third kappa shape index (κ3) is 4.76. The standard InChI is InChI=1S/C20H19F3N2O5S/c1-4-12-5-6-13(15-11-19(30-24-15)20(21,22)23)9-18(12)31(26,27)25-14-7-8-16(28-2)17(10-14)29-3/h5-11,25H,4H2,1-3H3. The van der Waals surface area contributed by atoms with Crippen LogP contribution in [0, 0.1) is 0 Å². The molecule has 0 aliphatic heterocycles. The van der Waals surface area contributed by atoms with Gasteiger partial charge in [0.25, 0.3) is 10.0 Å². The minimum absolute atomic E-state index is 0.0844. The topological polar surface area (TPSA) is 90.7 Å². The number of hydrogen-bond acceptors (Lipinski definition) is 6. The van der Waals surface area contributed by atoms with Gasteiger partial charge in [0.2, 0.25) is 5.76 Å². The number of benzene rings is 2. The van der Waals surface area contributed by atoms with Crippen molar-refractivity contribution in [3.63, 3.8) is 0 Å². The molecule has 31 heavy (non-hydrogen) atoms. The van der Waals surface area contributed by atoms with Crippen molar-refractivity contribution in [2.24, 2.45) is 0 Å². The molecule has 0 aliphatic rings. The maximum Gasteiger partial charge on any atom is 0.452 e. The maximum atomic E-state index is 13.1. The highest BCUT2D eigenvalue weighted by Crippen LogP contribution is 2.34. The molecule has 0 saturated carbocycles. The summed E-state index contributed by atoms with van der Waals surface area (Å²) < 4.78 is 81.7. The number of aryl methyl sites for hydroxylation is 1. The first-order valence-corrected chi connectivity index (χ1v) is 10.5. The van der Waals surface area contributed by atoms with Gasteiger partial charge in [-0.3, -0.25) is 4.72 Å². The normalized spacial score (nSPS) is 11.9. The summed E-state index contributed by atoms with van der Waals surface area (Å²) in [6.45, 7) is 1.77. The summed E-state index contributed by atoms with van der Waals surface area (Å²) in [5.41, 5.74) is 0.754. The lowest BCUT2D eigenvalue weighted by molar-refractivity contribution is -0.155. The number of ether oxygens (including phenoxy) is 2. The van der Waals surface area contributed by atoms with Crippen molar-refractivity contribution >= 4 is 15.7 Å². The van der Waals surface area contributed by atoms with Gasteiger partial charge in [-0.1, -0.05) is 24.2 Å². The summed E-state index contributed by atoms with van der Waals surface area (Å²) in [6.07, 6.45) is -4.31. The Bertz CT molecular complexity index is 1190. The van der Waals surface area contributed by atoms with Crippen molar-refractivity contribution in [2.75, 3.05) is 18.9 Å². The number of sulfonamides is 1. The number of hydrogen-bond donors (Lipinski definition) is 1. The first-order valence-electron chi connectivity index (χ1n) is 9.01. The average molecular weight is 456 g/mol. The van der Waals surface area contributed by atoms with Gasteiger partial charge in [0.1, 0.15) is 5.69 Å². The van der Waals surface area contributed by atoms with Gasteiger partial charge in [-0.15, -0.1) is 0 Å². The van der Waals surface area contributed by atoms with Crippen LogP contribution in [0.5, 0.6) is 11.5 Å². The molecule has 0 amide bonds. The van der Waals surface area contributed by atoms with E-state index in [0.29, 0.717) is 23.5 Å². The van der Waals surface area contributed by atoms with Crippen molar-refractivity contribution < 1.29 is 35.6 Å². The first-order chi connectivity index (χ1) is 14.6. The molecule has 1 aromatic heterocycles. The second-order valence-corrected chi connectivity index (χ2v) is 8.08. The minimum atomic E-state index is -4.70. The molecule has 0 saturated heterocycles. The maximum absolute atomic E-state index is 13.1. The number of halogens is 3. The van der Waals surface area contributed by atoms with E-state index in [9.17, 15) is 21.6 Å². The van der Waals surface area contributed by atoms with Crippen molar-refractivity contribution in [1.29, 1.82) is 0 Å². The van der Waals surface area contributed by atoms with E-state index < -0.39 is 22.0 Å². The predicted octanol–water partition coefficient (Wildman–Crippen LogP) is 4.74. The van der Waals surface area contributed by atoms with Gasteiger partial charge in [-0.2, -0.15) is 13.2 Å². The van der Waals surface area contributed by atoms with Gasteiger partial charge in [0.15, 0.2) is 11.5 Å². The zero-order chi connectivity index (χ0) is 22.8. The Morgan fingerprint density at radius 1 is 1.03 bits per heavy atom. The third-order valence-electron chi connectivity index (χ3n) is 4.46. The van der Waals surface area contributed by atoms with Crippen LogP contribution in [-0.2, 0) is 22.6 Å². The lowest BCUT2D eigenvalue weighted by atomic mass is 10.1. The molecule has 0 fully saturated rings. The number of nitrogens with one attached hydrogen (secondary N) is 1. The highest BCUT2D eigenvalue weighted by Gasteiger charge is 2.36. The summed E-state index contributed by atoms with van der Waals surface area (Å²) in [5, 5.41) is 3.42. The lowest BCUT2D eigenvalue weighted by Crippen LogP contribution is -2.15. The molecular formula is C20H19F3N2O5S. The van der Waals surface area contributed by atoms with Crippen LogP contribution in [0.3, 0.4) is 0 Å². The van der Waals surface area contributed by atoms with Crippen LogP contribution in [0.25, 0.3) is 11.3 Å². The molecular weight excluding hydrogens is 437 g/mol. The van der Waals surface area contributed by atoms with Gasteiger partial charge in [0, 0.05) is 17.7 Å². The van der Waals surface area contributed by atoms with Crippen LogP contribution >= 0.6 is 0 Å². The molecule has 7 nitrogen and oxygen atoms in total. The fourth-order valence-corrected chi connectivity index (χ4v) is 4.30. The molecule has 166 valence electrons. The van der Waals surface area contributed by atoms with E-state index in [2.05, 4.69) is 14.4 Å². The van der Waals surface area contributed by atoms with E-state index in [1.807, 2.05) is 0 Å². The first kappa shape index (κ1) is 22.5. The monoisotopic (exact) mass is 456 g/mol. The van der Waals surface area contributed by atoms with E-state index in [4.69, 9.17) is 9.47 Å². The van der Waals surface area contributed by atoms with E-state index >= 15 is 0 Å². The summed E-state index contributed by atoms with van der Waals surface area (Å²) in [6, 6.07) is 9.51. The molecule has 11 heteroatoms. The highest BCUT2D eigenvalue weighted by atomic mass is 32.2. The highest BCUT2D eigenvalue weighted by molar-refractivity contribution is 7.92. The fraction of sp³-hybridized carbons (Fsp3) is 0.250. The van der Waals surface area contributed by atoms with Gasteiger partial charge in [-0.25, -0.2) is 8.42 Å². The Balaban J connectivity index is 2.00. The number of alkyl halides is 3. The Hall–Kier alpha value is -3.21. The molecule has 0 spiro atoms. The van der Waals surface area contributed by atoms with Crippen LogP contribution in [0.15, 0.2) is 51.9 Å². The number of methoxy groups -OCH3 is 2. The summed E-state index contributed by atoms with van der Waals surface area (Å²) in [5.74, 6) is -0.516. The number of aromatic nitrogens is 1. The zero-order valence-corrected chi connectivity index (χ0v) is 17.6. The van der Waals surface area contributed by atoms with Crippen molar-refractivity contribution in [3.8, 4) is 22.8 Å². The SMILES string of the molecule is CCc1ccc(-c2cc(C(F)(F)F)on2)cc1S(=O)(=O)Nc1ccc(OC)c(OC)c1. The second-order valence-electron chi connectivity index (χ2n) is 6.43. The quantitative estimate of drug-likeness (QED) is 0.552. The number of anilines is 1. The lowest BCUT2D eigenvalue weighted by Gasteiger charge is -2.14.